The van der Waals surface area contributed by atoms with Gasteiger partial charge in [0.15, 0.2) is 11.3 Å². The van der Waals surface area contributed by atoms with E-state index in [1.807, 2.05) is 0 Å². The van der Waals surface area contributed by atoms with Crippen LogP contribution in [-0.4, -0.2) is 42.7 Å². The first kappa shape index (κ1) is 17.6. The van der Waals surface area contributed by atoms with E-state index in [0.29, 0.717) is 44.8 Å². The van der Waals surface area contributed by atoms with Gasteiger partial charge in [0, 0.05) is 18.1 Å². The number of hydrogen-bond acceptors (Lipinski definition) is 7. The first-order valence-corrected chi connectivity index (χ1v) is 8.54. The third-order valence-electron chi connectivity index (χ3n) is 5.07. The van der Waals surface area contributed by atoms with Crippen LogP contribution in [0.25, 0.3) is 21.9 Å². The Hall–Kier alpha value is -2.77. The van der Waals surface area contributed by atoms with Gasteiger partial charge in [0.05, 0.1) is 26.2 Å². The highest BCUT2D eigenvalue weighted by atomic mass is 16.5. The van der Waals surface area contributed by atoms with E-state index in [2.05, 4.69) is 0 Å². The summed E-state index contributed by atoms with van der Waals surface area (Å²) in [6, 6.07) is 6.73. The second kappa shape index (κ2) is 6.14. The lowest BCUT2D eigenvalue weighted by atomic mass is 9.95. The summed E-state index contributed by atoms with van der Waals surface area (Å²) in [5, 5.41) is 20.5. The summed E-state index contributed by atoms with van der Waals surface area (Å²) in [6.07, 6.45) is -0.390. The van der Waals surface area contributed by atoms with Crippen molar-refractivity contribution in [3.8, 4) is 17.2 Å². The Balaban J connectivity index is 2.06. The van der Waals surface area contributed by atoms with Crippen LogP contribution < -0.4 is 19.6 Å². The quantitative estimate of drug-likeness (QED) is 0.676. The minimum absolute atomic E-state index is 0.234. The predicted molar refractivity (Wildman–Crippen MR) is 98.9 cm³/mol. The summed E-state index contributed by atoms with van der Waals surface area (Å²) in [4.78, 5) is 13.1. The molecular formula is C20H20O7. The molecule has 1 aliphatic heterocycles. The summed E-state index contributed by atoms with van der Waals surface area (Å²) in [5.41, 5.74) is -0.350. The molecule has 1 unspecified atom stereocenters. The Morgan fingerprint density at radius 1 is 1.22 bits per heavy atom. The van der Waals surface area contributed by atoms with Crippen LogP contribution in [0.15, 0.2) is 33.5 Å². The van der Waals surface area contributed by atoms with Crippen LogP contribution in [0.5, 0.6) is 17.2 Å². The van der Waals surface area contributed by atoms with Crippen molar-refractivity contribution >= 4 is 21.9 Å². The first-order chi connectivity index (χ1) is 12.9. The van der Waals surface area contributed by atoms with E-state index in [4.69, 9.17) is 18.6 Å². The summed E-state index contributed by atoms with van der Waals surface area (Å²) >= 11 is 0. The monoisotopic (exact) mass is 372 g/mol. The van der Waals surface area contributed by atoms with Crippen molar-refractivity contribution in [2.45, 2.75) is 25.0 Å². The van der Waals surface area contributed by atoms with Crippen LogP contribution in [0.4, 0.5) is 0 Å². The van der Waals surface area contributed by atoms with Gasteiger partial charge in [-0.25, -0.2) is 0 Å². The third-order valence-corrected chi connectivity index (χ3v) is 5.07. The average molecular weight is 372 g/mol. The maximum Gasteiger partial charge on any atom is 0.204 e. The Bertz CT molecular complexity index is 1100. The van der Waals surface area contributed by atoms with Crippen LogP contribution in [0.1, 0.15) is 12.5 Å². The molecule has 0 radical (unpaired) electrons. The molecule has 0 spiro atoms. The van der Waals surface area contributed by atoms with Crippen molar-refractivity contribution in [1.82, 2.24) is 0 Å². The van der Waals surface area contributed by atoms with Gasteiger partial charge in [0.2, 0.25) is 5.43 Å². The summed E-state index contributed by atoms with van der Waals surface area (Å²) < 4.78 is 22.7. The van der Waals surface area contributed by atoms with Gasteiger partial charge in [-0.05, 0) is 19.1 Å². The molecule has 0 bridgehead atoms. The van der Waals surface area contributed by atoms with Crippen LogP contribution in [0.3, 0.4) is 0 Å². The summed E-state index contributed by atoms with van der Waals surface area (Å²) in [6.45, 7) is 1.04. The van der Waals surface area contributed by atoms with Crippen LogP contribution in [0, 0.1) is 0 Å². The number of hydrogen-bond donors (Lipinski definition) is 2. The number of benzene rings is 2. The fraction of sp³-hybridized carbons (Fsp3) is 0.350. The molecule has 27 heavy (non-hydrogen) atoms. The maximum atomic E-state index is 13.1. The largest absolute Gasteiger partial charge is 0.496 e. The molecule has 0 aliphatic carbocycles. The molecule has 2 atom stereocenters. The van der Waals surface area contributed by atoms with E-state index in [1.54, 1.807) is 24.3 Å². The molecule has 142 valence electrons. The number of rotatable bonds is 4. The maximum absolute atomic E-state index is 13.1. The molecule has 7 heteroatoms. The van der Waals surface area contributed by atoms with E-state index in [0.717, 1.165) is 0 Å². The third kappa shape index (κ3) is 2.54. The number of ether oxygens (including phenoxy) is 3. The van der Waals surface area contributed by atoms with Gasteiger partial charge in [-0.2, -0.15) is 0 Å². The molecule has 3 aromatic rings. The molecule has 1 aromatic heterocycles. The zero-order chi connectivity index (χ0) is 19.3. The van der Waals surface area contributed by atoms with E-state index >= 15 is 0 Å². The van der Waals surface area contributed by atoms with E-state index in [1.165, 1.54) is 21.1 Å². The van der Waals surface area contributed by atoms with Crippen LogP contribution in [-0.2, 0) is 6.42 Å². The lowest BCUT2D eigenvalue weighted by molar-refractivity contribution is -0.0729. The zero-order valence-corrected chi connectivity index (χ0v) is 15.2. The van der Waals surface area contributed by atoms with Crippen molar-refractivity contribution in [3.05, 3.63) is 40.1 Å². The highest BCUT2D eigenvalue weighted by Crippen LogP contribution is 2.43. The van der Waals surface area contributed by atoms with Gasteiger partial charge < -0.3 is 28.8 Å². The van der Waals surface area contributed by atoms with Crippen molar-refractivity contribution in [3.63, 3.8) is 0 Å². The van der Waals surface area contributed by atoms with Gasteiger partial charge >= 0.3 is 0 Å². The van der Waals surface area contributed by atoms with Gasteiger partial charge in [-0.1, -0.05) is 6.07 Å². The molecule has 2 N–H and O–H groups in total. The fourth-order valence-electron chi connectivity index (χ4n) is 3.47. The molecule has 0 fully saturated rings. The number of methoxy groups -OCH3 is 2. The number of para-hydroxylation sites is 1. The minimum atomic E-state index is -1.44. The average Bonchev–Trinajstić information content (AvgIpc) is 3.12. The normalized spacial score (nSPS) is 18.2. The van der Waals surface area contributed by atoms with Gasteiger partial charge in [0.25, 0.3) is 0 Å². The molecule has 1 aliphatic rings. The Morgan fingerprint density at radius 3 is 2.63 bits per heavy atom. The molecule has 2 aromatic carbocycles. The molecule has 7 nitrogen and oxygen atoms in total. The van der Waals surface area contributed by atoms with Crippen LogP contribution >= 0.6 is 0 Å². The van der Waals surface area contributed by atoms with Crippen molar-refractivity contribution in [1.29, 1.82) is 0 Å². The van der Waals surface area contributed by atoms with Crippen molar-refractivity contribution in [2.75, 3.05) is 20.8 Å². The van der Waals surface area contributed by atoms with Crippen molar-refractivity contribution < 1.29 is 28.8 Å². The molecule has 2 heterocycles. The Labute approximate surface area is 154 Å². The number of aliphatic hydroxyl groups excluding tert-OH is 1. The standard InChI is InChI=1S/C20H20O7/c1-20(23,9-21)15-7-11-13(26-15)8-14(25-3)16-17(22)10-5-4-6-12(24-2)18(10)27-19(11)16/h4-6,8,15,21,23H,7,9H2,1-3H3/t15?,20-/m1/s1. The minimum Gasteiger partial charge on any atom is -0.496 e. The second-order valence-electron chi connectivity index (χ2n) is 6.85. The smallest absolute Gasteiger partial charge is 0.204 e. The Kier molecular flexibility index (Phi) is 4.01. The Morgan fingerprint density at radius 2 is 1.96 bits per heavy atom. The SMILES string of the molecule is COc1cccc2c(=O)c3c(OC)cc4c(c3oc12)CC([C@](C)(O)CO)O4. The molecule has 0 saturated carbocycles. The molecule has 0 amide bonds. The molecular weight excluding hydrogens is 352 g/mol. The fourth-order valence-corrected chi connectivity index (χ4v) is 3.47. The highest BCUT2D eigenvalue weighted by molar-refractivity contribution is 5.97. The highest BCUT2D eigenvalue weighted by Gasteiger charge is 2.40. The summed E-state index contributed by atoms with van der Waals surface area (Å²) in [7, 11) is 2.97. The van der Waals surface area contributed by atoms with Gasteiger partial charge in [-0.3, -0.25) is 4.79 Å². The van der Waals surface area contributed by atoms with Crippen LogP contribution in [0.2, 0.25) is 0 Å². The van der Waals surface area contributed by atoms with Gasteiger partial charge in [0.1, 0.15) is 34.2 Å². The molecule has 4 rings (SSSR count). The molecule has 0 saturated heterocycles. The van der Waals surface area contributed by atoms with Crippen molar-refractivity contribution in [2.24, 2.45) is 0 Å². The zero-order valence-electron chi connectivity index (χ0n) is 15.2. The van der Waals surface area contributed by atoms with E-state index in [9.17, 15) is 15.0 Å². The predicted octanol–water partition coefficient (Wildman–Crippen LogP) is 2.01. The first-order valence-electron chi connectivity index (χ1n) is 8.54. The van der Waals surface area contributed by atoms with Gasteiger partial charge in [-0.15, -0.1) is 0 Å². The topological polar surface area (TPSA) is 98.4 Å². The number of aliphatic hydroxyl groups is 2. The lowest BCUT2D eigenvalue weighted by Crippen LogP contribution is -2.45. The van der Waals surface area contributed by atoms with E-state index < -0.39 is 18.3 Å². The second-order valence-corrected chi connectivity index (χ2v) is 6.85. The van der Waals surface area contributed by atoms with E-state index in [-0.39, 0.29) is 11.8 Å². The number of fused-ring (bicyclic) bond motifs is 4. The summed E-state index contributed by atoms with van der Waals surface area (Å²) in [5.74, 6) is 1.22. The lowest BCUT2D eigenvalue weighted by Gasteiger charge is -2.26.